The quantitative estimate of drug-likeness (QED) is 0.572. The molecule has 0 aliphatic carbocycles. The molecule has 1 atom stereocenters. The zero-order chi connectivity index (χ0) is 11.2. The number of esters is 1. The highest BCUT2D eigenvalue weighted by molar-refractivity contribution is 6.18. The first kappa shape index (κ1) is 13.7. The molecule has 0 aliphatic rings. The molecule has 0 aromatic carbocycles. The number of aliphatic hydroxyl groups is 1. The third-order valence-corrected chi connectivity index (χ3v) is 2.05. The van der Waals surface area contributed by atoms with Gasteiger partial charge in [0.1, 0.15) is 12.7 Å². The Balaban J connectivity index is 3.57. The summed E-state index contributed by atoms with van der Waals surface area (Å²) in [4.78, 5) is 11.1. The molecule has 1 unspecified atom stereocenters. The molecule has 0 amide bonds. The van der Waals surface area contributed by atoms with Crippen LogP contribution in [0.5, 0.6) is 0 Å². The van der Waals surface area contributed by atoms with Crippen LogP contribution >= 0.6 is 11.6 Å². The Hall–Kier alpha value is -0.280. The summed E-state index contributed by atoms with van der Waals surface area (Å²) in [5.41, 5.74) is 0.129. The summed E-state index contributed by atoms with van der Waals surface area (Å²) >= 11 is 5.34. The molecule has 0 saturated heterocycles. The van der Waals surface area contributed by atoms with E-state index in [4.69, 9.17) is 21.4 Å². The lowest BCUT2D eigenvalue weighted by atomic mass is 9.91. The summed E-state index contributed by atoms with van der Waals surface area (Å²) in [6.45, 7) is 6.18. The van der Waals surface area contributed by atoms with Crippen LogP contribution < -0.4 is 0 Å². The number of carbonyl (C=O) groups is 1. The third-order valence-electron chi connectivity index (χ3n) is 1.69. The van der Waals surface area contributed by atoms with Crippen molar-refractivity contribution >= 4 is 17.6 Å². The van der Waals surface area contributed by atoms with Gasteiger partial charge in [0.2, 0.25) is 0 Å². The van der Waals surface area contributed by atoms with Crippen LogP contribution in [0.3, 0.4) is 0 Å². The summed E-state index contributed by atoms with van der Waals surface area (Å²) in [5.74, 6) is -0.184. The molecule has 4 heteroatoms. The van der Waals surface area contributed by atoms with E-state index in [1.807, 2.05) is 0 Å². The van der Waals surface area contributed by atoms with Gasteiger partial charge in [-0.2, -0.15) is 0 Å². The van der Waals surface area contributed by atoms with Crippen molar-refractivity contribution < 1.29 is 14.6 Å². The van der Waals surface area contributed by atoms with Crippen LogP contribution in [0, 0.1) is 5.41 Å². The largest absolute Gasteiger partial charge is 0.463 e. The van der Waals surface area contributed by atoms with Gasteiger partial charge in [0, 0.05) is 6.42 Å². The highest BCUT2D eigenvalue weighted by Gasteiger charge is 2.14. The number of aliphatic hydroxyl groups excluding tert-OH is 1. The second-order valence-corrected chi connectivity index (χ2v) is 4.86. The lowest BCUT2D eigenvalue weighted by Gasteiger charge is -2.17. The number of rotatable bonds is 5. The normalized spacial score (nSPS) is 13.8. The van der Waals surface area contributed by atoms with Crippen LogP contribution in [0.15, 0.2) is 0 Å². The highest BCUT2D eigenvalue weighted by atomic mass is 35.5. The van der Waals surface area contributed by atoms with E-state index < -0.39 is 6.10 Å². The van der Waals surface area contributed by atoms with Crippen molar-refractivity contribution in [3.63, 3.8) is 0 Å². The number of hydrogen-bond acceptors (Lipinski definition) is 3. The predicted molar refractivity (Wildman–Crippen MR) is 56.4 cm³/mol. The van der Waals surface area contributed by atoms with E-state index in [0.717, 1.165) is 6.42 Å². The molecule has 3 nitrogen and oxygen atoms in total. The zero-order valence-corrected chi connectivity index (χ0v) is 9.80. The van der Waals surface area contributed by atoms with Gasteiger partial charge in [-0.15, -0.1) is 11.6 Å². The lowest BCUT2D eigenvalue weighted by Crippen LogP contribution is -2.20. The van der Waals surface area contributed by atoms with Crippen LogP contribution in [-0.2, 0) is 9.53 Å². The molecule has 0 heterocycles. The summed E-state index contributed by atoms with van der Waals surface area (Å²) in [6.07, 6.45) is 0.414. The molecule has 1 N–H and O–H groups in total. The van der Waals surface area contributed by atoms with E-state index in [1.54, 1.807) is 0 Å². The standard InChI is InChI=1S/C10H19ClO3/c1-10(2,3)5-4-9(13)14-7-8(12)6-11/h8,12H,4-7H2,1-3H3. The number of hydrogen-bond donors (Lipinski definition) is 1. The minimum atomic E-state index is -0.754. The summed E-state index contributed by atoms with van der Waals surface area (Å²) < 4.78 is 4.82. The van der Waals surface area contributed by atoms with Crippen molar-refractivity contribution in [1.29, 1.82) is 0 Å². The first-order valence-corrected chi connectivity index (χ1v) is 5.28. The van der Waals surface area contributed by atoms with E-state index in [0.29, 0.717) is 6.42 Å². The van der Waals surface area contributed by atoms with Crippen LogP contribution in [0.2, 0.25) is 0 Å². The van der Waals surface area contributed by atoms with Crippen molar-refractivity contribution in [2.75, 3.05) is 12.5 Å². The van der Waals surface area contributed by atoms with E-state index in [9.17, 15) is 4.79 Å². The molecule has 0 radical (unpaired) electrons. The second kappa shape index (κ2) is 6.25. The molecule has 0 bridgehead atoms. The van der Waals surface area contributed by atoms with Gasteiger partial charge in [-0.1, -0.05) is 20.8 Å². The van der Waals surface area contributed by atoms with Crippen LogP contribution in [0.1, 0.15) is 33.6 Å². The average molecular weight is 223 g/mol. The van der Waals surface area contributed by atoms with Gasteiger partial charge in [0.05, 0.1) is 5.88 Å². The molecular formula is C10H19ClO3. The molecular weight excluding hydrogens is 204 g/mol. The SMILES string of the molecule is CC(C)(C)CCC(=O)OCC(O)CCl. The summed E-state index contributed by atoms with van der Waals surface area (Å²) in [5, 5.41) is 9.03. The summed E-state index contributed by atoms with van der Waals surface area (Å²) in [6, 6.07) is 0. The molecule has 14 heavy (non-hydrogen) atoms. The molecule has 0 aromatic heterocycles. The minimum absolute atomic E-state index is 0.00746. The molecule has 0 rings (SSSR count). The molecule has 0 spiro atoms. The molecule has 0 aliphatic heterocycles. The molecule has 0 saturated carbocycles. The van der Waals surface area contributed by atoms with Crippen LogP contribution in [-0.4, -0.2) is 29.7 Å². The monoisotopic (exact) mass is 222 g/mol. The fourth-order valence-electron chi connectivity index (χ4n) is 0.783. The summed E-state index contributed by atoms with van der Waals surface area (Å²) in [7, 11) is 0. The Morgan fingerprint density at radius 2 is 2.07 bits per heavy atom. The first-order valence-electron chi connectivity index (χ1n) is 4.75. The number of alkyl halides is 1. The van der Waals surface area contributed by atoms with Gasteiger partial charge in [-0.25, -0.2) is 0 Å². The average Bonchev–Trinajstić information content (AvgIpc) is 2.09. The lowest BCUT2D eigenvalue weighted by molar-refractivity contribution is -0.146. The van der Waals surface area contributed by atoms with Crippen LogP contribution in [0.4, 0.5) is 0 Å². The van der Waals surface area contributed by atoms with Crippen molar-refractivity contribution in [2.45, 2.75) is 39.7 Å². The zero-order valence-electron chi connectivity index (χ0n) is 9.05. The Kier molecular flexibility index (Phi) is 6.12. The van der Waals surface area contributed by atoms with Gasteiger partial charge >= 0.3 is 5.97 Å². The molecule has 0 aromatic rings. The Labute approximate surface area is 90.4 Å². The highest BCUT2D eigenvalue weighted by Crippen LogP contribution is 2.20. The van der Waals surface area contributed by atoms with Gasteiger partial charge in [0.15, 0.2) is 0 Å². The van der Waals surface area contributed by atoms with E-state index in [2.05, 4.69) is 20.8 Å². The maximum atomic E-state index is 11.1. The number of carbonyl (C=O) groups excluding carboxylic acids is 1. The maximum Gasteiger partial charge on any atom is 0.305 e. The van der Waals surface area contributed by atoms with E-state index >= 15 is 0 Å². The predicted octanol–water partition coefficient (Wildman–Crippen LogP) is 1.96. The van der Waals surface area contributed by atoms with Crippen molar-refractivity contribution in [3.8, 4) is 0 Å². The minimum Gasteiger partial charge on any atom is -0.463 e. The van der Waals surface area contributed by atoms with E-state index in [-0.39, 0.29) is 23.9 Å². The first-order chi connectivity index (χ1) is 6.35. The van der Waals surface area contributed by atoms with Gasteiger partial charge < -0.3 is 9.84 Å². The van der Waals surface area contributed by atoms with Gasteiger partial charge in [-0.3, -0.25) is 4.79 Å². The Bertz CT molecular complexity index is 175. The number of halogens is 1. The third kappa shape index (κ3) is 8.32. The molecule has 0 fully saturated rings. The maximum absolute atomic E-state index is 11.1. The van der Waals surface area contributed by atoms with Crippen molar-refractivity contribution in [3.05, 3.63) is 0 Å². The van der Waals surface area contributed by atoms with E-state index in [1.165, 1.54) is 0 Å². The second-order valence-electron chi connectivity index (χ2n) is 4.55. The smallest absolute Gasteiger partial charge is 0.305 e. The Morgan fingerprint density at radius 1 is 1.50 bits per heavy atom. The van der Waals surface area contributed by atoms with Crippen molar-refractivity contribution in [1.82, 2.24) is 0 Å². The number of ether oxygens (including phenoxy) is 1. The topological polar surface area (TPSA) is 46.5 Å². The van der Waals surface area contributed by atoms with Gasteiger partial charge in [0.25, 0.3) is 0 Å². The van der Waals surface area contributed by atoms with Crippen LogP contribution in [0.25, 0.3) is 0 Å². The fourth-order valence-corrected chi connectivity index (χ4v) is 0.872. The van der Waals surface area contributed by atoms with Gasteiger partial charge in [-0.05, 0) is 11.8 Å². The Morgan fingerprint density at radius 3 is 2.50 bits per heavy atom. The van der Waals surface area contributed by atoms with Crippen molar-refractivity contribution in [2.24, 2.45) is 5.41 Å². The fraction of sp³-hybridized carbons (Fsp3) is 0.900. The molecule has 84 valence electrons.